The number of nitrogens with two attached hydrogens (primary N) is 1. The molecule has 3 aromatic rings. The van der Waals surface area contributed by atoms with Gasteiger partial charge in [-0.15, -0.1) is 0 Å². The third kappa shape index (κ3) is 2.95. The number of aromatic nitrogens is 2. The number of ether oxygens (including phenoxy) is 5. The zero-order valence-electron chi connectivity index (χ0n) is 15.5. The van der Waals surface area contributed by atoms with Crippen LogP contribution in [0.15, 0.2) is 18.2 Å². The highest BCUT2D eigenvalue weighted by molar-refractivity contribution is 6.31. The lowest BCUT2D eigenvalue weighted by molar-refractivity contribution is 0.174. The summed E-state index contributed by atoms with van der Waals surface area (Å²) in [5.74, 6) is 2.73. The minimum absolute atomic E-state index is 0.116. The van der Waals surface area contributed by atoms with Crippen LogP contribution in [0.4, 0.5) is 5.95 Å². The smallest absolute Gasteiger partial charge is 0.231 e. The van der Waals surface area contributed by atoms with Crippen molar-refractivity contribution in [3.8, 4) is 28.7 Å². The van der Waals surface area contributed by atoms with Gasteiger partial charge in [0, 0.05) is 22.9 Å². The quantitative estimate of drug-likeness (QED) is 0.693. The molecule has 2 N–H and O–H groups in total. The maximum absolute atomic E-state index is 6.43. The maximum Gasteiger partial charge on any atom is 0.231 e. The molecule has 0 aliphatic carbocycles. The average molecular weight is 404 g/mol. The molecule has 0 unspecified atom stereocenters. The van der Waals surface area contributed by atoms with Crippen LogP contribution in [0.3, 0.4) is 0 Å². The molecule has 28 heavy (non-hydrogen) atoms. The number of nitrogens with zero attached hydrogens (tertiary/aromatic N) is 2. The summed E-state index contributed by atoms with van der Waals surface area (Å²) in [7, 11) is 4.61. The first-order chi connectivity index (χ1) is 13.5. The largest absolute Gasteiger partial charge is 0.493 e. The second kappa shape index (κ2) is 7.12. The lowest BCUT2D eigenvalue weighted by Crippen LogP contribution is -2.05. The summed E-state index contributed by atoms with van der Waals surface area (Å²) in [6.45, 7) is 0.173. The molecule has 8 nitrogen and oxygen atoms in total. The Bertz CT molecular complexity index is 1070. The minimum atomic E-state index is 0.116. The van der Waals surface area contributed by atoms with E-state index in [0.29, 0.717) is 51.4 Å². The average Bonchev–Trinajstić information content (AvgIpc) is 3.13. The monoisotopic (exact) mass is 403 g/mol. The fourth-order valence-electron chi connectivity index (χ4n) is 3.22. The van der Waals surface area contributed by atoms with Gasteiger partial charge in [-0.1, -0.05) is 11.6 Å². The van der Waals surface area contributed by atoms with Crippen LogP contribution < -0.4 is 29.4 Å². The van der Waals surface area contributed by atoms with Crippen LogP contribution in [-0.4, -0.2) is 38.1 Å². The number of fused-ring (bicyclic) bond motifs is 2. The van der Waals surface area contributed by atoms with Crippen molar-refractivity contribution in [1.82, 2.24) is 9.97 Å². The van der Waals surface area contributed by atoms with Crippen LogP contribution in [0, 0.1) is 0 Å². The number of benzene rings is 2. The second-order valence-corrected chi connectivity index (χ2v) is 6.45. The van der Waals surface area contributed by atoms with Crippen LogP contribution in [0.2, 0.25) is 5.02 Å². The zero-order chi connectivity index (χ0) is 19.8. The number of rotatable bonds is 5. The van der Waals surface area contributed by atoms with Crippen molar-refractivity contribution in [2.75, 3.05) is 33.9 Å². The number of anilines is 1. The molecule has 4 rings (SSSR count). The summed E-state index contributed by atoms with van der Waals surface area (Å²) in [4.78, 5) is 8.76. The number of hydrogen-bond donors (Lipinski definition) is 1. The molecule has 1 aliphatic heterocycles. The van der Waals surface area contributed by atoms with Gasteiger partial charge in [-0.2, -0.15) is 0 Å². The van der Waals surface area contributed by atoms with Crippen LogP contribution in [0.25, 0.3) is 10.9 Å². The molecular formula is C19H18ClN3O5. The molecule has 1 aromatic heterocycles. The Balaban J connectivity index is 1.90. The van der Waals surface area contributed by atoms with Gasteiger partial charge >= 0.3 is 0 Å². The fraction of sp³-hybridized carbons (Fsp3) is 0.263. The van der Waals surface area contributed by atoms with Crippen molar-refractivity contribution in [1.29, 1.82) is 0 Å². The van der Waals surface area contributed by atoms with E-state index in [4.69, 9.17) is 41.0 Å². The van der Waals surface area contributed by atoms with Gasteiger partial charge in [0.15, 0.2) is 23.0 Å². The standard InChI is InChI=1S/C19H18ClN3O5/c1-24-15-6-10-12(4-9-5-13-14(7-11(9)20)28-8-27-13)22-19(21)23-16(10)18(26-3)17(15)25-2/h5-7H,4,8H2,1-3H3,(H2,21,22,23). The highest BCUT2D eigenvalue weighted by Crippen LogP contribution is 2.44. The third-order valence-electron chi connectivity index (χ3n) is 4.49. The van der Waals surface area contributed by atoms with Crippen molar-refractivity contribution in [3.63, 3.8) is 0 Å². The predicted molar refractivity (Wildman–Crippen MR) is 104 cm³/mol. The molecule has 0 saturated carbocycles. The van der Waals surface area contributed by atoms with Crippen molar-refractivity contribution >= 4 is 28.5 Å². The molecule has 0 bridgehead atoms. The molecule has 1 aliphatic rings. The summed E-state index contributed by atoms with van der Waals surface area (Å²) in [5.41, 5.74) is 7.98. The number of methoxy groups -OCH3 is 3. The molecule has 0 fully saturated rings. The molecule has 2 aromatic carbocycles. The highest BCUT2D eigenvalue weighted by Gasteiger charge is 2.22. The summed E-state index contributed by atoms with van der Waals surface area (Å²) in [6, 6.07) is 5.37. The van der Waals surface area contributed by atoms with E-state index in [1.54, 1.807) is 19.2 Å². The summed E-state index contributed by atoms with van der Waals surface area (Å²) in [5, 5.41) is 1.26. The van der Waals surface area contributed by atoms with E-state index in [2.05, 4.69) is 9.97 Å². The Hall–Kier alpha value is -3.13. The molecular weight excluding hydrogens is 386 g/mol. The highest BCUT2D eigenvalue weighted by atomic mass is 35.5. The molecule has 9 heteroatoms. The van der Waals surface area contributed by atoms with Gasteiger partial charge in [0.1, 0.15) is 5.52 Å². The first-order valence-corrected chi connectivity index (χ1v) is 8.76. The predicted octanol–water partition coefficient (Wildman–Crippen LogP) is 3.21. The minimum Gasteiger partial charge on any atom is -0.493 e. The second-order valence-electron chi connectivity index (χ2n) is 6.04. The van der Waals surface area contributed by atoms with Crippen molar-refractivity contribution < 1.29 is 23.7 Å². The molecule has 0 spiro atoms. The molecule has 0 amide bonds. The van der Waals surface area contributed by atoms with Crippen LogP contribution in [-0.2, 0) is 6.42 Å². The Morgan fingerprint density at radius 1 is 1.00 bits per heavy atom. The molecule has 0 atom stereocenters. The van der Waals surface area contributed by atoms with Crippen LogP contribution in [0.1, 0.15) is 11.3 Å². The van der Waals surface area contributed by atoms with Crippen LogP contribution in [0.5, 0.6) is 28.7 Å². The Kier molecular flexibility index (Phi) is 4.64. The Morgan fingerprint density at radius 3 is 2.39 bits per heavy atom. The van der Waals surface area contributed by atoms with Crippen LogP contribution >= 0.6 is 11.6 Å². The van der Waals surface area contributed by atoms with Gasteiger partial charge in [0.25, 0.3) is 0 Å². The first kappa shape index (κ1) is 18.2. The Morgan fingerprint density at radius 2 is 1.71 bits per heavy atom. The SMILES string of the molecule is COc1cc2c(Cc3cc4c(cc3Cl)OCO4)nc(N)nc2c(OC)c1OC. The van der Waals surface area contributed by atoms with Gasteiger partial charge in [0.2, 0.25) is 18.5 Å². The van der Waals surface area contributed by atoms with E-state index in [0.717, 1.165) is 10.9 Å². The number of hydrogen-bond acceptors (Lipinski definition) is 8. The third-order valence-corrected chi connectivity index (χ3v) is 4.84. The van der Waals surface area contributed by atoms with Crippen molar-refractivity contribution in [3.05, 3.63) is 34.5 Å². The lowest BCUT2D eigenvalue weighted by atomic mass is 10.0. The fourth-order valence-corrected chi connectivity index (χ4v) is 3.44. The number of halogens is 1. The Labute approximate surface area is 166 Å². The molecule has 2 heterocycles. The van der Waals surface area contributed by atoms with Gasteiger partial charge in [-0.25, -0.2) is 9.97 Å². The summed E-state index contributed by atoms with van der Waals surface area (Å²) >= 11 is 6.43. The summed E-state index contributed by atoms with van der Waals surface area (Å²) < 4.78 is 27.2. The van der Waals surface area contributed by atoms with E-state index < -0.39 is 0 Å². The molecule has 0 saturated heterocycles. The number of nitrogen functional groups attached to an aromatic ring is 1. The van der Waals surface area contributed by atoms with E-state index in [1.807, 2.05) is 6.07 Å². The molecule has 146 valence electrons. The van der Waals surface area contributed by atoms with Gasteiger partial charge in [0.05, 0.1) is 27.0 Å². The van der Waals surface area contributed by atoms with E-state index in [1.165, 1.54) is 14.2 Å². The topological polar surface area (TPSA) is 98.0 Å². The zero-order valence-corrected chi connectivity index (χ0v) is 16.3. The van der Waals surface area contributed by atoms with Crippen molar-refractivity contribution in [2.24, 2.45) is 0 Å². The lowest BCUT2D eigenvalue weighted by Gasteiger charge is -2.16. The van der Waals surface area contributed by atoms with E-state index in [-0.39, 0.29) is 12.7 Å². The molecule has 0 radical (unpaired) electrons. The summed E-state index contributed by atoms with van der Waals surface area (Å²) in [6.07, 6.45) is 0.400. The van der Waals surface area contributed by atoms with Gasteiger partial charge < -0.3 is 29.4 Å². The van der Waals surface area contributed by atoms with Gasteiger partial charge in [-0.05, 0) is 17.7 Å². The van der Waals surface area contributed by atoms with Gasteiger partial charge in [-0.3, -0.25) is 0 Å². The van der Waals surface area contributed by atoms with E-state index in [9.17, 15) is 0 Å². The van der Waals surface area contributed by atoms with Crippen molar-refractivity contribution in [2.45, 2.75) is 6.42 Å². The normalized spacial score (nSPS) is 12.3. The van der Waals surface area contributed by atoms with E-state index >= 15 is 0 Å². The maximum atomic E-state index is 6.43. The first-order valence-electron chi connectivity index (χ1n) is 8.38.